The summed E-state index contributed by atoms with van der Waals surface area (Å²) in [6, 6.07) is 0. The van der Waals surface area contributed by atoms with Crippen molar-refractivity contribution in [2.75, 3.05) is 13.1 Å². The van der Waals surface area contributed by atoms with E-state index in [-0.39, 0.29) is 11.5 Å². The molecule has 0 bridgehead atoms. The third-order valence-electron chi connectivity index (χ3n) is 3.05. The van der Waals surface area contributed by atoms with Gasteiger partial charge in [-0.15, -0.1) is 0 Å². The molecule has 0 aromatic rings. The first-order valence-electron chi connectivity index (χ1n) is 5.71. The zero-order valence-electron chi connectivity index (χ0n) is 10.2. The second kappa shape index (κ2) is 5.17. The molecule has 1 aliphatic rings. The van der Waals surface area contributed by atoms with E-state index in [0.29, 0.717) is 25.8 Å². The van der Waals surface area contributed by atoms with Gasteiger partial charge < -0.3 is 10.8 Å². The largest absolute Gasteiger partial charge is 0.392 e. The van der Waals surface area contributed by atoms with Gasteiger partial charge in [-0.3, -0.25) is 0 Å². The van der Waals surface area contributed by atoms with Gasteiger partial charge in [0, 0.05) is 13.1 Å². The van der Waals surface area contributed by atoms with E-state index in [9.17, 15) is 13.5 Å². The molecule has 1 aliphatic heterocycles. The molecule has 0 aromatic heterocycles. The molecular formula is C10H20N2O3S2. The van der Waals surface area contributed by atoms with Crippen molar-refractivity contribution in [3.05, 3.63) is 0 Å². The van der Waals surface area contributed by atoms with E-state index in [0.717, 1.165) is 0 Å². The van der Waals surface area contributed by atoms with E-state index in [1.54, 1.807) is 13.8 Å². The SMILES string of the molecule is CCC(C(N)=S)S(=O)(=O)N1CCCC(C)(O)C1. The quantitative estimate of drug-likeness (QED) is 0.720. The molecule has 0 radical (unpaired) electrons. The average Bonchev–Trinajstić information content (AvgIpc) is 2.15. The summed E-state index contributed by atoms with van der Waals surface area (Å²) in [4.78, 5) is -0.00211. The van der Waals surface area contributed by atoms with Crippen molar-refractivity contribution in [2.45, 2.75) is 44.0 Å². The lowest BCUT2D eigenvalue weighted by Gasteiger charge is -2.37. The van der Waals surface area contributed by atoms with Crippen LogP contribution in [0.4, 0.5) is 0 Å². The minimum atomic E-state index is -3.54. The number of nitrogens with zero attached hydrogens (tertiary/aromatic N) is 1. The molecule has 0 amide bonds. The number of rotatable bonds is 4. The van der Waals surface area contributed by atoms with E-state index < -0.39 is 20.9 Å². The summed E-state index contributed by atoms with van der Waals surface area (Å²) < 4.78 is 25.9. The van der Waals surface area contributed by atoms with Crippen LogP contribution in [0.5, 0.6) is 0 Å². The predicted octanol–water partition coefficient (Wildman–Crippen LogP) is 0.228. The van der Waals surface area contributed by atoms with Gasteiger partial charge in [0.25, 0.3) is 0 Å². The van der Waals surface area contributed by atoms with Crippen LogP contribution in [0.2, 0.25) is 0 Å². The molecule has 0 spiro atoms. The van der Waals surface area contributed by atoms with Gasteiger partial charge >= 0.3 is 0 Å². The number of nitrogens with two attached hydrogens (primary N) is 1. The Hall–Kier alpha value is -0.240. The molecule has 5 nitrogen and oxygen atoms in total. The summed E-state index contributed by atoms with van der Waals surface area (Å²) in [7, 11) is -3.54. The molecule has 17 heavy (non-hydrogen) atoms. The topological polar surface area (TPSA) is 83.6 Å². The van der Waals surface area contributed by atoms with Crippen molar-refractivity contribution in [2.24, 2.45) is 5.73 Å². The Bertz CT molecular complexity index is 392. The number of sulfonamides is 1. The van der Waals surface area contributed by atoms with Crippen LogP contribution in [0.15, 0.2) is 0 Å². The summed E-state index contributed by atoms with van der Waals surface area (Å²) in [5.74, 6) is 0. The summed E-state index contributed by atoms with van der Waals surface area (Å²) in [5, 5.41) is 9.10. The fraction of sp³-hybridized carbons (Fsp3) is 0.900. The van der Waals surface area contributed by atoms with Crippen molar-refractivity contribution < 1.29 is 13.5 Å². The zero-order chi connectivity index (χ0) is 13.3. The van der Waals surface area contributed by atoms with Crippen LogP contribution < -0.4 is 5.73 Å². The minimum absolute atomic E-state index is 0.00211. The molecule has 0 saturated carbocycles. The summed E-state index contributed by atoms with van der Waals surface area (Å²) in [6.45, 7) is 3.94. The van der Waals surface area contributed by atoms with Gasteiger partial charge in [0.2, 0.25) is 10.0 Å². The molecule has 1 saturated heterocycles. The lowest BCUT2D eigenvalue weighted by atomic mass is 9.97. The van der Waals surface area contributed by atoms with Crippen LogP contribution in [0.1, 0.15) is 33.1 Å². The number of hydrogen-bond acceptors (Lipinski definition) is 4. The van der Waals surface area contributed by atoms with E-state index in [4.69, 9.17) is 18.0 Å². The Balaban J connectivity index is 2.94. The monoisotopic (exact) mass is 280 g/mol. The van der Waals surface area contributed by atoms with Crippen LogP contribution >= 0.6 is 12.2 Å². The van der Waals surface area contributed by atoms with Crippen molar-refractivity contribution in [3.8, 4) is 0 Å². The van der Waals surface area contributed by atoms with Gasteiger partial charge in [0.05, 0.1) is 10.6 Å². The molecule has 0 aromatic carbocycles. The number of thiocarbonyl (C=S) groups is 1. The zero-order valence-corrected chi connectivity index (χ0v) is 11.9. The predicted molar refractivity (Wildman–Crippen MR) is 71.2 cm³/mol. The van der Waals surface area contributed by atoms with Crippen LogP contribution in [0.3, 0.4) is 0 Å². The van der Waals surface area contributed by atoms with E-state index >= 15 is 0 Å². The first-order valence-corrected chi connectivity index (χ1v) is 7.62. The average molecular weight is 280 g/mol. The molecule has 2 unspecified atom stereocenters. The van der Waals surface area contributed by atoms with Gasteiger partial charge in [-0.2, -0.15) is 4.31 Å². The highest BCUT2D eigenvalue weighted by molar-refractivity contribution is 7.92. The maximum Gasteiger partial charge on any atom is 0.223 e. The lowest BCUT2D eigenvalue weighted by molar-refractivity contribution is 0.00928. The Labute approximate surface area is 108 Å². The van der Waals surface area contributed by atoms with Gasteiger partial charge in [0.15, 0.2) is 0 Å². The molecule has 100 valence electrons. The molecule has 7 heteroatoms. The van der Waals surface area contributed by atoms with Gasteiger partial charge in [-0.1, -0.05) is 19.1 Å². The number of β-amino-alcohol motifs (C(OH)–C–C–N with tert-alkyl or cyclic N) is 1. The van der Waals surface area contributed by atoms with Gasteiger partial charge in [0.1, 0.15) is 5.25 Å². The number of aliphatic hydroxyl groups is 1. The Morgan fingerprint density at radius 1 is 1.65 bits per heavy atom. The fourth-order valence-corrected chi connectivity index (χ4v) is 4.58. The highest BCUT2D eigenvalue weighted by Crippen LogP contribution is 2.25. The summed E-state index contributed by atoms with van der Waals surface area (Å²) >= 11 is 4.80. The minimum Gasteiger partial charge on any atom is -0.392 e. The Kier molecular flexibility index (Phi) is 4.51. The molecular weight excluding hydrogens is 260 g/mol. The summed E-state index contributed by atoms with van der Waals surface area (Å²) in [6.07, 6.45) is 1.62. The van der Waals surface area contributed by atoms with Crippen molar-refractivity contribution >= 4 is 27.2 Å². The number of hydrogen-bond donors (Lipinski definition) is 2. The highest BCUT2D eigenvalue weighted by Gasteiger charge is 2.39. The standard InChI is InChI=1S/C10H20N2O3S2/c1-3-8(9(11)16)17(14,15)12-6-4-5-10(2,13)7-12/h8,13H,3-7H2,1-2H3,(H2,11,16). The van der Waals surface area contributed by atoms with Crippen LogP contribution in [-0.2, 0) is 10.0 Å². The normalized spacial score (nSPS) is 28.9. The van der Waals surface area contributed by atoms with Crippen LogP contribution in [0.25, 0.3) is 0 Å². The highest BCUT2D eigenvalue weighted by atomic mass is 32.2. The van der Waals surface area contributed by atoms with Crippen molar-refractivity contribution in [1.29, 1.82) is 0 Å². The first-order chi connectivity index (χ1) is 7.70. The lowest BCUT2D eigenvalue weighted by Crippen LogP contribution is -2.53. The third kappa shape index (κ3) is 3.37. The second-order valence-corrected chi connectivity index (χ2v) is 7.37. The van der Waals surface area contributed by atoms with Gasteiger partial charge in [-0.05, 0) is 26.2 Å². The van der Waals surface area contributed by atoms with E-state index in [1.807, 2.05) is 0 Å². The van der Waals surface area contributed by atoms with Crippen LogP contribution in [-0.4, -0.2) is 46.8 Å². The van der Waals surface area contributed by atoms with Crippen molar-refractivity contribution in [1.82, 2.24) is 4.31 Å². The molecule has 0 aliphatic carbocycles. The molecule has 1 fully saturated rings. The number of piperidine rings is 1. The molecule has 3 N–H and O–H groups in total. The fourth-order valence-electron chi connectivity index (χ4n) is 2.13. The third-order valence-corrected chi connectivity index (χ3v) is 5.82. The van der Waals surface area contributed by atoms with E-state index in [2.05, 4.69) is 0 Å². The van der Waals surface area contributed by atoms with Gasteiger partial charge in [-0.25, -0.2) is 8.42 Å². The molecule has 1 rings (SSSR count). The molecule has 2 atom stereocenters. The maximum atomic E-state index is 12.3. The Morgan fingerprint density at radius 3 is 2.65 bits per heavy atom. The summed E-state index contributed by atoms with van der Waals surface area (Å²) in [5.41, 5.74) is 4.51. The smallest absolute Gasteiger partial charge is 0.223 e. The second-order valence-electron chi connectivity index (χ2n) is 4.78. The van der Waals surface area contributed by atoms with E-state index in [1.165, 1.54) is 4.31 Å². The maximum absolute atomic E-state index is 12.3. The first kappa shape index (κ1) is 14.8. The van der Waals surface area contributed by atoms with Crippen LogP contribution in [0, 0.1) is 0 Å². The molecule has 1 heterocycles. The van der Waals surface area contributed by atoms with Crippen molar-refractivity contribution in [3.63, 3.8) is 0 Å². The Morgan fingerprint density at radius 2 is 2.24 bits per heavy atom.